The van der Waals surface area contributed by atoms with Crippen LogP contribution in [0.2, 0.25) is 0 Å². The van der Waals surface area contributed by atoms with Gasteiger partial charge in [-0.1, -0.05) is 12.1 Å². The molecular formula is C15H11N3. The fourth-order valence-electron chi connectivity index (χ4n) is 2.06. The van der Waals surface area contributed by atoms with Crippen molar-refractivity contribution in [3.63, 3.8) is 0 Å². The number of aryl methyl sites for hydroxylation is 1. The molecule has 0 fully saturated rings. The molecule has 0 unspecified atom stereocenters. The molecule has 1 aromatic heterocycles. The van der Waals surface area contributed by atoms with E-state index in [0.717, 1.165) is 16.7 Å². The van der Waals surface area contributed by atoms with Gasteiger partial charge in [0.1, 0.15) is 6.33 Å². The lowest BCUT2D eigenvalue weighted by atomic mass is 10.2. The van der Waals surface area contributed by atoms with Crippen molar-refractivity contribution in [3.05, 3.63) is 59.9 Å². The third-order valence-corrected chi connectivity index (χ3v) is 2.96. The second kappa shape index (κ2) is 4.01. The van der Waals surface area contributed by atoms with Gasteiger partial charge >= 0.3 is 0 Å². The van der Waals surface area contributed by atoms with Crippen LogP contribution < -0.4 is 0 Å². The van der Waals surface area contributed by atoms with Crippen LogP contribution >= 0.6 is 0 Å². The lowest BCUT2D eigenvalue weighted by molar-refractivity contribution is 1.09. The minimum atomic E-state index is 0.650. The Labute approximate surface area is 105 Å². The fourth-order valence-corrected chi connectivity index (χ4v) is 2.06. The van der Waals surface area contributed by atoms with Gasteiger partial charge in [-0.05, 0) is 42.8 Å². The first-order valence-electron chi connectivity index (χ1n) is 5.72. The molecule has 0 saturated heterocycles. The van der Waals surface area contributed by atoms with Gasteiger partial charge in [-0.25, -0.2) is 4.98 Å². The van der Waals surface area contributed by atoms with Gasteiger partial charge in [0.15, 0.2) is 0 Å². The molecule has 0 saturated carbocycles. The smallest absolute Gasteiger partial charge is 0.100 e. The lowest BCUT2D eigenvalue weighted by Gasteiger charge is -2.05. The molecule has 0 amide bonds. The van der Waals surface area contributed by atoms with Crippen LogP contribution in [0.5, 0.6) is 0 Å². The van der Waals surface area contributed by atoms with Gasteiger partial charge in [-0.3, -0.25) is 4.57 Å². The molecule has 0 spiro atoms. The highest BCUT2D eigenvalue weighted by Gasteiger charge is 2.05. The first-order chi connectivity index (χ1) is 8.78. The third kappa shape index (κ3) is 1.64. The Hall–Kier alpha value is -2.60. The predicted octanol–water partition coefficient (Wildman–Crippen LogP) is 3.21. The zero-order valence-corrected chi connectivity index (χ0v) is 9.96. The number of hydrogen-bond acceptors (Lipinski definition) is 2. The summed E-state index contributed by atoms with van der Waals surface area (Å²) in [4.78, 5) is 4.35. The van der Waals surface area contributed by atoms with E-state index in [4.69, 9.17) is 5.26 Å². The zero-order chi connectivity index (χ0) is 12.5. The summed E-state index contributed by atoms with van der Waals surface area (Å²) >= 11 is 0. The molecule has 3 nitrogen and oxygen atoms in total. The molecule has 18 heavy (non-hydrogen) atoms. The minimum Gasteiger partial charge on any atom is -0.299 e. The second-order valence-electron chi connectivity index (χ2n) is 4.27. The first kappa shape index (κ1) is 10.5. The topological polar surface area (TPSA) is 41.6 Å². The summed E-state index contributed by atoms with van der Waals surface area (Å²) < 4.78 is 2.00. The van der Waals surface area contributed by atoms with Gasteiger partial charge < -0.3 is 0 Å². The van der Waals surface area contributed by atoms with Crippen LogP contribution in [0, 0.1) is 18.3 Å². The van der Waals surface area contributed by atoms with Gasteiger partial charge in [0.25, 0.3) is 0 Å². The van der Waals surface area contributed by atoms with E-state index in [1.165, 1.54) is 5.56 Å². The van der Waals surface area contributed by atoms with Gasteiger partial charge in [-0.15, -0.1) is 0 Å². The van der Waals surface area contributed by atoms with E-state index in [1.807, 2.05) is 28.8 Å². The summed E-state index contributed by atoms with van der Waals surface area (Å²) in [5.74, 6) is 0. The van der Waals surface area contributed by atoms with Crippen molar-refractivity contribution in [2.24, 2.45) is 0 Å². The van der Waals surface area contributed by atoms with E-state index < -0.39 is 0 Å². The number of rotatable bonds is 1. The Kier molecular flexibility index (Phi) is 2.35. The second-order valence-corrected chi connectivity index (χ2v) is 4.27. The predicted molar refractivity (Wildman–Crippen MR) is 70.5 cm³/mol. The molecule has 0 atom stereocenters. The monoisotopic (exact) mass is 233 g/mol. The van der Waals surface area contributed by atoms with E-state index in [-0.39, 0.29) is 0 Å². The molecule has 3 rings (SSSR count). The molecule has 3 heteroatoms. The molecule has 0 aliphatic heterocycles. The summed E-state index contributed by atoms with van der Waals surface area (Å²) in [5, 5.41) is 8.96. The van der Waals surface area contributed by atoms with E-state index in [9.17, 15) is 0 Å². The normalized spacial score (nSPS) is 10.4. The molecule has 1 heterocycles. The summed E-state index contributed by atoms with van der Waals surface area (Å²) in [5.41, 5.74) is 4.77. The van der Waals surface area contributed by atoms with Crippen molar-refractivity contribution >= 4 is 11.0 Å². The number of fused-ring (bicyclic) bond motifs is 1. The Morgan fingerprint density at radius 2 is 2.06 bits per heavy atom. The van der Waals surface area contributed by atoms with Crippen LogP contribution in [0.1, 0.15) is 11.1 Å². The van der Waals surface area contributed by atoms with Crippen LogP contribution in [0.25, 0.3) is 16.7 Å². The van der Waals surface area contributed by atoms with Crippen molar-refractivity contribution < 1.29 is 0 Å². The van der Waals surface area contributed by atoms with Crippen molar-refractivity contribution in [3.8, 4) is 11.8 Å². The maximum Gasteiger partial charge on any atom is 0.100 e. The summed E-state index contributed by atoms with van der Waals surface area (Å²) in [7, 11) is 0. The molecule has 0 aliphatic carbocycles. The molecule has 0 aliphatic rings. The SMILES string of the molecule is Cc1cccc(-n2cnc3ccc(C#N)cc32)c1. The average molecular weight is 233 g/mol. The van der Waals surface area contributed by atoms with Crippen LogP contribution in [0.3, 0.4) is 0 Å². The van der Waals surface area contributed by atoms with Crippen molar-refractivity contribution in [1.82, 2.24) is 9.55 Å². The Balaban J connectivity index is 2.27. The average Bonchev–Trinajstić information content (AvgIpc) is 2.81. The van der Waals surface area contributed by atoms with E-state index in [2.05, 4.69) is 30.1 Å². The van der Waals surface area contributed by atoms with E-state index >= 15 is 0 Å². The molecule has 0 N–H and O–H groups in total. The molecule has 0 radical (unpaired) electrons. The summed E-state index contributed by atoms with van der Waals surface area (Å²) in [6, 6.07) is 15.9. The Morgan fingerprint density at radius 1 is 1.17 bits per heavy atom. The highest BCUT2D eigenvalue weighted by Crippen LogP contribution is 2.19. The van der Waals surface area contributed by atoms with Gasteiger partial charge in [0, 0.05) is 5.69 Å². The molecule has 0 bridgehead atoms. The Bertz CT molecular complexity index is 763. The quantitative estimate of drug-likeness (QED) is 0.647. The van der Waals surface area contributed by atoms with Gasteiger partial charge in [0.2, 0.25) is 0 Å². The fraction of sp³-hybridized carbons (Fsp3) is 0.0667. The zero-order valence-electron chi connectivity index (χ0n) is 9.96. The first-order valence-corrected chi connectivity index (χ1v) is 5.72. The number of hydrogen-bond donors (Lipinski definition) is 0. The van der Waals surface area contributed by atoms with E-state index in [1.54, 1.807) is 12.4 Å². The molecule has 86 valence electrons. The Morgan fingerprint density at radius 3 is 2.83 bits per heavy atom. The number of benzene rings is 2. The maximum atomic E-state index is 8.96. The van der Waals surface area contributed by atoms with Crippen LogP contribution in [-0.2, 0) is 0 Å². The largest absolute Gasteiger partial charge is 0.299 e. The van der Waals surface area contributed by atoms with Crippen molar-refractivity contribution in [2.75, 3.05) is 0 Å². The minimum absolute atomic E-state index is 0.650. The number of nitriles is 1. The highest BCUT2D eigenvalue weighted by atomic mass is 15.0. The number of imidazole rings is 1. The van der Waals surface area contributed by atoms with Crippen LogP contribution in [0.15, 0.2) is 48.8 Å². The van der Waals surface area contributed by atoms with Crippen LogP contribution in [0.4, 0.5) is 0 Å². The van der Waals surface area contributed by atoms with E-state index in [0.29, 0.717) is 5.56 Å². The summed E-state index contributed by atoms with van der Waals surface area (Å²) in [6.45, 7) is 2.06. The van der Waals surface area contributed by atoms with Gasteiger partial charge in [-0.2, -0.15) is 5.26 Å². The molecular weight excluding hydrogens is 222 g/mol. The molecule has 3 aromatic rings. The third-order valence-electron chi connectivity index (χ3n) is 2.96. The van der Waals surface area contributed by atoms with Crippen molar-refractivity contribution in [1.29, 1.82) is 5.26 Å². The number of nitrogens with zero attached hydrogens (tertiary/aromatic N) is 3. The van der Waals surface area contributed by atoms with Gasteiger partial charge in [0.05, 0.1) is 22.7 Å². The maximum absolute atomic E-state index is 8.96. The standard InChI is InChI=1S/C15H11N3/c1-11-3-2-4-13(7-11)18-10-17-14-6-5-12(9-16)8-15(14)18/h2-8,10H,1H3. The lowest BCUT2D eigenvalue weighted by Crippen LogP contribution is -1.92. The van der Waals surface area contributed by atoms with Crippen LogP contribution in [-0.4, -0.2) is 9.55 Å². The molecule has 2 aromatic carbocycles. The highest BCUT2D eigenvalue weighted by molar-refractivity contribution is 5.79. The number of aromatic nitrogens is 2. The summed E-state index contributed by atoms with van der Waals surface area (Å²) in [6.07, 6.45) is 1.79. The van der Waals surface area contributed by atoms with Crippen molar-refractivity contribution in [2.45, 2.75) is 6.92 Å².